The summed E-state index contributed by atoms with van der Waals surface area (Å²) >= 11 is 0. The first-order valence-corrected chi connectivity index (χ1v) is 22.5. The Balaban J connectivity index is 1.44. The number of rotatable bonds is 7. The Morgan fingerprint density at radius 1 is 0.410 bits per heavy atom. The predicted octanol–water partition coefficient (Wildman–Crippen LogP) is 7.96. The largest absolute Gasteiger partial charge is 0.744 e. The van der Waals surface area contributed by atoms with Crippen LogP contribution in [0.5, 0.6) is 0 Å². The molecule has 0 spiro atoms. The highest BCUT2D eigenvalue weighted by atomic mass is 32.2. The number of nitrogens with one attached hydrogen (secondary N) is 2. The summed E-state index contributed by atoms with van der Waals surface area (Å²) in [5.41, 5.74) is 15.5. The maximum atomic E-state index is 12.0. The van der Waals surface area contributed by atoms with E-state index in [9.17, 15) is 38.9 Å². The number of nitrogens with two attached hydrogens (primary N) is 1. The molecule has 7 aromatic rings. The Bertz CT molecular complexity index is 3450. The summed E-state index contributed by atoms with van der Waals surface area (Å²) in [4.78, 5) is 16.1. The van der Waals surface area contributed by atoms with Gasteiger partial charge in [0.15, 0.2) is 0 Å². The molecule has 0 atom stereocenters. The molecule has 9 rings (SSSR count). The average molecular weight is 868 g/mol. The van der Waals surface area contributed by atoms with Gasteiger partial charge in [-0.05, 0) is 119 Å². The lowest BCUT2D eigenvalue weighted by Crippen LogP contribution is -1.98. The minimum absolute atomic E-state index is 0.297. The van der Waals surface area contributed by atoms with Crippen molar-refractivity contribution < 1.29 is 38.9 Å². The van der Waals surface area contributed by atoms with Crippen LogP contribution in [-0.2, 0) is 30.4 Å². The molecule has 17 heteroatoms. The van der Waals surface area contributed by atoms with Gasteiger partial charge >= 0.3 is 0 Å². The van der Waals surface area contributed by atoms with E-state index in [-0.39, 0.29) is 4.90 Å². The van der Waals surface area contributed by atoms with Crippen LogP contribution in [0.1, 0.15) is 22.8 Å². The van der Waals surface area contributed by atoms with Crippen molar-refractivity contribution in [1.82, 2.24) is 19.9 Å². The predicted molar refractivity (Wildman–Crippen MR) is 231 cm³/mol. The summed E-state index contributed by atoms with van der Waals surface area (Å²) in [6.45, 7) is 0. The quantitative estimate of drug-likeness (QED) is 0.0879. The van der Waals surface area contributed by atoms with Crippen LogP contribution in [0.3, 0.4) is 0 Å². The molecule has 3 aromatic heterocycles. The van der Waals surface area contributed by atoms with Gasteiger partial charge in [0.2, 0.25) is 0 Å². The fraction of sp³-hybridized carbons (Fsp3) is 0. The highest BCUT2D eigenvalue weighted by molar-refractivity contribution is 7.86. The van der Waals surface area contributed by atoms with E-state index in [4.69, 9.17) is 15.7 Å². The molecular formula is C44H29N5O9S3-2. The average Bonchev–Trinajstić information content (AvgIpc) is 4.06. The minimum atomic E-state index is -4.77. The monoisotopic (exact) mass is 867 g/mol. The molecule has 0 fully saturated rings. The van der Waals surface area contributed by atoms with Crippen LogP contribution in [-0.4, -0.2) is 58.8 Å². The van der Waals surface area contributed by atoms with E-state index in [2.05, 4.69) is 9.97 Å². The normalized spacial score (nSPS) is 12.8. The number of aromatic nitrogens is 4. The molecule has 0 amide bonds. The molecule has 14 nitrogen and oxygen atoms in total. The van der Waals surface area contributed by atoms with Gasteiger partial charge < -0.3 is 24.8 Å². The van der Waals surface area contributed by atoms with Crippen molar-refractivity contribution in [1.29, 1.82) is 0 Å². The van der Waals surface area contributed by atoms with E-state index in [1.165, 1.54) is 60.7 Å². The fourth-order valence-electron chi connectivity index (χ4n) is 7.44. The maximum absolute atomic E-state index is 12.0. The zero-order chi connectivity index (χ0) is 42.8. The third kappa shape index (κ3) is 7.57. The van der Waals surface area contributed by atoms with Gasteiger partial charge in [-0.15, -0.1) is 0 Å². The maximum Gasteiger partial charge on any atom is 0.294 e. The molecule has 0 aliphatic carbocycles. The lowest BCUT2D eigenvalue weighted by Gasteiger charge is -2.10. The number of fused-ring (bicyclic) bond motifs is 8. The first-order chi connectivity index (χ1) is 29.0. The highest BCUT2D eigenvalue weighted by Gasteiger charge is 2.20. The highest BCUT2D eigenvalue weighted by Crippen LogP contribution is 2.39. The van der Waals surface area contributed by atoms with Crippen molar-refractivity contribution in [2.45, 2.75) is 14.7 Å². The van der Waals surface area contributed by atoms with Crippen LogP contribution in [0.25, 0.3) is 90.9 Å². The van der Waals surface area contributed by atoms with Crippen molar-refractivity contribution >= 4 is 82.4 Å². The second-order valence-electron chi connectivity index (χ2n) is 14.1. The number of nitrogen functional groups attached to an aromatic ring is 1. The number of nitrogens with zero attached hydrogens (tertiary/aromatic N) is 2. The van der Waals surface area contributed by atoms with Crippen LogP contribution in [0.4, 0.5) is 5.69 Å². The molecule has 8 bridgehead atoms. The van der Waals surface area contributed by atoms with Crippen LogP contribution < -0.4 is 5.73 Å². The molecule has 304 valence electrons. The first kappa shape index (κ1) is 39.5. The SMILES string of the molecule is Nc1ccc(-c2c3nc(c(-c4ccc(S(=O)(=O)O)cc4)c4ccc([nH]4)c(-c4ccc(S(=O)(=O)[O-])cc4)c4nc(c(-c5ccc(S(=O)(=O)[O-])cc5)c5ccc2[nH]5)C=C4)C=C3)cc1. The van der Waals surface area contributed by atoms with Crippen molar-refractivity contribution in [2.24, 2.45) is 0 Å². The van der Waals surface area contributed by atoms with E-state index >= 15 is 0 Å². The van der Waals surface area contributed by atoms with Gasteiger partial charge in [-0.2, -0.15) is 8.42 Å². The van der Waals surface area contributed by atoms with Crippen molar-refractivity contribution in [3.05, 3.63) is 144 Å². The lowest BCUT2D eigenvalue weighted by atomic mass is 10.0. The first-order valence-electron chi connectivity index (χ1n) is 18.2. The number of aromatic amines is 2. The Morgan fingerprint density at radius 3 is 0.934 bits per heavy atom. The number of hydrogen-bond donors (Lipinski definition) is 4. The topological polar surface area (TPSA) is 252 Å². The number of H-pyrrole nitrogens is 2. The molecular weight excluding hydrogens is 839 g/mol. The Kier molecular flexibility index (Phi) is 9.46. The Labute approximate surface area is 348 Å². The molecule has 0 radical (unpaired) electrons. The Hall–Kier alpha value is -6.99. The van der Waals surface area contributed by atoms with Gasteiger partial charge in [0.25, 0.3) is 10.1 Å². The van der Waals surface area contributed by atoms with Gasteiger partial charge in [-0.25, -0.2) is 26.8 Å². The Morgan fingerprint density at radius 2 is 0.672 bits per heavy atom. The van der Waals surface area contributed by atoms with Crippen molar-refractivity contribution in [2.75, 3.05) is 5.73 Å². The molecule has 5 N–H and O–H groups in total. The number of hydrogen-bond acceptors (Lipinski definition) is 11. The summed E-state index contributed by atoms with van der Waals surface area (Å²) in [6.07, 6.45) is 7.20. The molecule has 0 unspecified atom stereocenters. The summed E-state index contributed by atoms with van der Waals surface area (Å²) in [7, 11) is -14.0. The summed E-state index contributed by atoms with van der Waals surface area (Å²) < 4.78 is 105. The second kappa shape index (κ2) is 14.6. The van der Waals surface area contributed by atoms with Gasteiger partial charge in [-0.1, -0.05) is 48.5 Å². The van der Waals surface area contributed by atoms with Gasteiger partial charge in [-0.3, -0.25) is 4.55 Å². The van der Waals surface area contributed by atoms with E-state index < -0.39 is 40.1 Å². The minimum Gasteiger partial charge on any atom is -0.744 e. The second-order valence-corrected chi connectivity index (χ2v) is 18.3. The molecule has 61 heavy (non-hydrogen) atoms. The van der Waals surface area contributed by atoms with E-state index in [0.717, 1.165) is 5.56 Å². The smallest absolute Gasteiger partial charge is 0.294 e. The molecule has 4 aromatic carbocycles. The summed E-state index contributed by atoms with van der Waals surface area (Å²) in [5.74, 6) is 0. The van der Waals surface area contributed by atoms with Crippen molar-refractivity contribution in [3.8, 4) is 44.5 Å². The molecule has 5 heterocycles. The molecule has 2 aliphatic heterocycles. The van der Waals surface area contributed by atoms with Gasteiger partial charge in [0.1, 0.15) is 20.2 Å². The van der Waals surface area contributed by atoms with Crippen LogP contribution in [0.15, 0.2) is 136 Å². The molecule has 0 saturated carbocycles. The molecule has 2 aliphatic rings. The summed E-state index contributed by atoms with van der Waals surface area (Å²) in [6, 6.07) is 31.2. The van der Waals surface area contributed by atoms with Gasteiger partial charge in [0, 0.05) is 50.0 Å². The third-order valence-corrected chi connectivity index (χ3v) is 12.8. The van der Waals surface area contributed by atoms with Crippen LogP contribution >= 0.6 is 0 Å². The summed E-state index contributed by atoms with van der Waals surface area (Å²) in [5, 5.41) is 0. The van der Waals surface area contributed by atoms with Crippen molar-refractivity contribution in [3.63, 3.8) is 0 Å². The van der Waals surface area contributed by atoms with Crippen LogP contribution in [0, 0.1) is 0 Å². The zero-order valence-electron chi connectivity index (χ0n) is 31.3. The van der Waals surface area contributed by atoms with E-state index in [0.29, 0.717) is 89.5 Å². The zero-order valence-corrected chi connectivity index (χ0v) is 33.7. The van der Waals surface area contributed by atoms with E-state index in [1.54, 1.807) is 48.6 Å². The van der Waals surface area contributed by atoms with Gasteiger partial charge in [0.05, 0.1) is 37.5 Å². The number of anilines is 1. The lowest BCUT2D eigenvalue weighted by molar-refractivity contribution is 0.461. The van der Waals surface area contributed by atoms with Crippen LogP contribution in [0.2, 0.25) is 0 Å². The third-order valence-electron chi connectivity index (χ3n) is 10.3. The number of benzene rings is 4. The van der Waals surface area contributed by atoms with E-state index in [1.807, 2.05) is 36.4 Å². The standard InChI is InChI=1S/C44H31N5O9S3/c45-29-9-1-25(2-10-29)41-33-17-19-35(46-33)42(26-3-11-30(12-4-26)59(50,51)52)37-21-23-39(48-37)44(28-7-15-32(16-8-28)61(56,57)58)40-24-22-38(49-40)43(36-20-18-34(41)47-36)27-5-13-31(14-6-27)60(53,54)55/h1-24,46,49H,45H2,(H,50,51,52)(H,53,54,55)(H,56,57,58)/p-2. The fourth-order valence-corrected chi connectivity index (χ4v) is 8.86. The molecule has 0 saturated heterocycles.